The van der Waals surface area contributed by atoms with E-state index in [0.29, 0.717) is 101 Å². The molecule has 0 spiro atoms. The first-order chi connectivity index (χ1) is 55.1. The van der Waals surface area contributed by atoms with Gasteiger partial charge in [-0.15, -0.1) is 0 Å². The molecule has 4 heterocycles. The number of aryl methyl sites for hydroxylation is 3. The maximum absolute atomic E-state index is 13.2. The van der Waals surface area contributed by atoms with Crippen LogP contribution in [0, 0.1) is 99.5 Å². The Hall–Kier alpha value is -10.7. The van der Waals surface area contributed by atoms with Crippen LogP contribution in [0.2, 0.25) is 0 Å². The lowest BCUT2D eigenvalue weighted by Gasteiger charge is -2.41. The molecule has 0 radical (unpaired) electrons. The molecule has 4 aromatic carbocycles. The van der Waals surface area contributed by atoms with Crippen LogP contribution in [0.5, 0.6) is 0 Å². The Morgan fingerprint density at radius 3 is 1.16 bits per heavy atom. The number of anilines is 8. The Labute approximate surface area is 684 Å². The van der Waals surface area contributed by atoms with Crippen LogP contribution in [0.25, 0.3) is 0 Å². The number of aromatic nitrogens is 8. The maximum Gasteiger partial charge on any atom is 0.238 e. The minimum Gasteiger partial charge on any atom is -0.393 e. The Kier molecular flexibility index (Phi) is 31.3. The van der Waals surface area contributed by atoms with Crippen LogP contribution >= 0.6 is 0 Å². The van der Waals surface area contributed by atoms with Gasteiger partial charge >= 0.3 is 0 Å². The summed E-state index contributed by atoms with van der Waals surface area (Å²) in [5.41, 5.74) is 9.50. The van der Waals surface area contributed by atoms with Gasteiger partial charge < -0.3 is 57.9 Å². The second kappa shape index (κ2) is 40.7. The predicted octanol–water partition coefficient (Wildman–Crippen LogP) is 14.4. The zero-order chi connectivity index (χ0) is 84.0. The number of nitrogens with one attached hydrogen (secondary N) is 8. The molecule has 4 aliphatic rings. The van der Waals surface area contributed by atoms with Crippen molar-refractivity contribution in [3.05, 3.63) is 183 Å². The molecule has 4 fully saturated rings. The van der Waals surface area contributed by atoms with E-state index in [4.69, 9.17) is 5.14 Å². The molecule has 26 nitrogen and oxygen atoms in total. The van der Waals surface area contributed by atoms with E-state index in [1.165, 1.54) is 58.9 Å². The molecule has 0 bridgehead atoms. The van der Waals surface area contributed by atoms with E-state index in [-0.39, 0.29) is 74.9 Å². The van der Waals surface area contributed by atoms with Gasteiger partial charge in [-0.05, 0) is 209 Å². The summed E-state index contributed by atoms with van der Waals surface area (Å²) in [5, 5.41) is 99.8. The number of aliphatic hydroxyl groups is 3. The van der Waals surface area contributed by atoms with Gasteiger partial charge in [-0.3, -0.25) is 0 Å². The molecule has 4 aliphatic carbocycles. The second-order valence-electron chi connectivity index (χ2n) is 34.0. The monoisotopic (exact) mass is 1600 g/mol. The molecular weight excluding hydrogens is 1480 g/mol. The van der Waals surface area contributed by atoms with E-state index in [2.05, 4.69) is 219 Å². The van der Waals surface area contributed by atoms with Crippen LogP contribution in [0.15, 0.2) is 121 Å². The SMILES string of the molecule is C[C@H]1CC[C@@H](Nc2nc(NCCc3ccc(S(N)(=O)=O)cc3)ncc2C#N)CC1(C)C.Cc1cc(F)ccc1CCNc1ncc(C#N)c(N[C@@H]2CC[C@H](O)C(C)(C)C2)n1.Cc1cccc(CCNc2ncc(C#N)c(N[C@@H]3CC[C@H](O)C(C)(C)C3)n2)c1.Cc1ccccc1CCNc1ncc(C#N)c(N[C@@H]2CC[C@H](O)C(C)(C)C2)n1. The minimum atomic E-state index is -3.69. The summed E-state index contributed by atoms with van der Waals surface area (Å²) in [6.45, 7) is 28.0. The molecule has 28 heteroatoms. The lowest BCUT2D eigenvalue weighted by atomic mass is 9.68. The normalized spacial score (nSPS) is 20.8. The van der Waals surface area contributed by atoms with Gasteiger partial charge in [-0.25, -0.2) is 37.9 Å². The molecule has 4 saturated carbocycles. The number of aliphatic hydroxyl groups excluding tert-OH is 3. The highest BCUT2D eigenvalue weighted by Gasteiger charge is 2.39. The van der Waals surface area contributed by atoms with Gasteiger partial charge in [0.25, 0.3) is 0 Å². The standard InChI is InChI=1S/C22H28FN5O.C22H30N6O2S.2C22H29N5O/c1-14-10-17(23)5-4-15(14)8-9-25-21-26-13-16(12-24)20(28-21)27-18-6-7-19(29)22(2,3)11-18;1-15-4-7-18(12-22(15,2)3)27-20-17(13-23)14-26-21(28-20)25-11-10-16-5-8-19(9-6-16)31(24,29)30;1-15-5-4-6-16(11-15)9-10-24-21-25-14-17(13-23)20(27-21)26-18-7-8-19(28)22(2,3)12-18;1-15-6-4-5-7-16(15)10-11-24-21-25-14-17(13-23)20(27-21)26-18-8-9-19(28)22(2,3)12-18/h4-5,10,13,18-19,29H,6-9,11H2,1-3H3,(H2,25,26,27,28);5-6,8-9,14-15,18H,4,7,10-12H2,1-3H3,(H2,24,29,30)(H2,25,26,27,28);4-6,11,14,18-19,28H,7-10,12H2,1-3H3,(H2,24,25,26,27);4-7,14,18-19,28H,8-12H2,1-3H3,(H2,24,25,26,27)/t18-,19+;15-,18+;2*18-,19+/m1011/s1. The third kappa shape index (κ3) is 26.1. The summed E-state index contributed by atoms with van der Waals surface area (Å²) in [7, 11) is -3.69. The number of hydrogen-bond donors (Lipinski definition) is 12. The molecule has 0 aliphatic heterocycles. The first-order valence-corrected chi connectivity index (χ1v) is 41.8. The van der Waals surface area contributed by atoms with Gasteiger partial charge in [0.2, 0.25) is 33.8 Å². The Morgan fingerprint density at radius 2 is 0.802 bits per heavy atom. The molecule has 116 heavy (non-hydrogen) atoms. The summed E-state index contributed by atoms with van der Waals surface area (Å²) in [4.78, 5) is 35.2. The number of sulfonamides is 1. The number of benzene rings is 4. The highest BCUT2D eigenvalue weighted by atomic mass is 32.2. The zero-order valence-corrected chi connectivity index (χ0v) is 69.9. The Morgan fingerprint density at radius 1 is 0.440 bits per heavy atom. The molecule has 12 rings (SSSR count). The third-order valence-corrected chi connectivity index (χ3v) is 24.0. The Bertz CT molecular complexity index is 4900. The second-order valence-corrected chi connectivity index (χ2v) is 35.6. The first kappa shape index (κ1) is 89.2. The van der Waals surface area contributed by atoms with Crippen molar-refractivity contribution in [3.63, 3.8) is 0 Å². The van der Waals surface area contributed by atoms with Crippen molar-refractivity contribution in [2.75, 3.05) is 68.7 Å². The van der Waals surface area contributed by atoms with Crippen molar-refractivity contribution in [1.82, 2.24) is 39.9 Å². The van der Waals surface area contributed by atoms with Crippen LogP contribution in [0.3, 0.4) is 0 Å². The smallest absolute Gasteiger partial charge is 0.238 e. The molecule has 0 amide bonds. The van der Waals surface area contributed by atoms with Gasteiger partial charge in [-0.2, -0.15) is 41.0 Å². The molecular formula is C88H116FN21O5S. The summed E-state index contributed by atoms with van der Waals surface area (Å²) in [5.74, 6) is 4.57. The topological polar surface area (TPSA) is 415 Å². The van der Waals surface area contributed by atoms with Crippen molar-refractivity contribution in [1.29, 1.82) is 21.0 Å². The quantitative estimate of drug-likeness (QED) is 0.0253. The van der Waals surface area contributed by atoms with Crippen LogP contribution in [0.4, 0.5) is 51.5 Å². The number of halogens is 1. The number of hydrogen-bond acceptors (Lipinski definition) is 25. The van der Waals surface area contributed by atoms with Gasteiger partial charge in [0.1, 0.15) is 75.6 Å². The molecule has 8 atom stereocenters. The summed E-state index contributed by atoms with van der Waals surface area (Å²) in [6, 6.07) is 37.4. The fourth-order valence-electron chi connectivity index (χ4n) is 15.3. The molecule has 13 N–H and O–H groups in total. The van der Waals surface area contributed by atoms with Crippen molar-refractivity contribution in [2.24, 2.45) is 32.7 Å². The minimum absolute atomic E-state index is 0.0932. The number of primary sulfonamides is 1. The largest absolute Gasteiger partial charge is 0.393 e. The van der Waals surface area contributed by atoms with Gasteiger partial charge in [0.05, 0.1) is 48.0 Å². The number of nitrogens with zero attached hydrogens (tertiary/aromatic N) is 12. The summed E-state index contributed by atoms with van der Waals surface area (Å²) >= 11 is 0. The van der Waals surface area contributed by atoms with Gasteiger partial charge in [0, 0.05) is 50.3 Å². The fourth-order valence-corrected chi connectivity index (χ4v) is 15.9. The van der Waals surface area contributed by atoms with Crippen LogP contribution in [-0.2, 0) is 35.7 Å². The molecule has 0 saturated heterocycles. The van der Waals surface area contributed by atoms with Crippen LogP contribution < -0.4 is 47.7 Å². The lowest BCUT2D eigenvalue weighted by molar-refractivity contribution is 0.00924. The first-order valence-electron chi connectivity index (χ1n) is 40.2. The van der Waals surface area contributed by atoms with Gasteiger partial charge in [-0.1, -0.05) is 135 Å². The highest BCUT2D eigenvalue weighted by molar-refractivity contribution is 7.89. The molecule has 616 valence electrons. The van der Waals surface area contributed by atoms with E-state index >= 15 is 0 Å². The van der Waals surface area contributed by atoms with Crippen molar-refractivity contribution < 1.29 is 28.1 Å². The number of nitriles is 4. The summed E-state index contributed by atoms with van der Waals surface area (Å²) in [6.07, 6.45) is 18.9. The number of nitrogens with two attached hydrogens (primary N) is 1. The third-order valence-electron chi connectivity index (χ3n) is 23.1. The maximum atomic E-state index is 13.2. The molecule has 8 aromatic rings. The fraction of sp³-hybridized carbons (Fsp3) is 0.500. The van der Waals surface area contributed by atoms with Gasteiger partial charge in [0.15, 0.2) is 0 Å². The number of rotatable bonds is 25. The summed E-state index contributed by atoms with van der Waals surface area (Å²) < 4.78 is 35.9. The predicted molar refractivity (Wildman–Crippen MR) is 454 cm³/mol. The van der Waals surface area contributed by atoms with E-state index in [1.807, 2.05) is 19.1 Å². The van der Waals surface area contributed by atoms with E-state index in [0.717, 1.165) is 120 Å². The molecule has 4 aromatic heterocycles. The average molecular weight is 1600 g/mol. The van der Waals surface area contributed by atoms with Crippen molar-refractivity contribution in [2.45, 2.75) is 233 Å². The Balaban J connectivity index is 0.000000177. The highest BCUT2D eigenvalue weighted by Crippen LogP contribution is 2.43. The molecule has 0 unspecified atom stereocenters. The van der Waals surface area contributed by atoms with Crippen LogP contribution in [-0.4, -0.2) is 132 Å². The van der Waals surface area contributed by atoms with E-state index in [1.54, 1.807) is 30.6 Å². The van der Waals surface area contributed by atoms with Crippen molar-refractivity contribution >= 4 is 57.1 Å². The van der Waals surface area contributed by atoms with Crippen LogP contribution in [0.1, 0.15) is 201 Å². The average Bonchev–Trinajstić information content (AvgIpc) is 0.826. The lowest BCUT2D eigenvalue weighted by Crippen LogP contribution is -2.41. The zero-order valence-electron chi connectivity index (χ0n) is 69.1. The van der Waals surface area contributed by atoms with E-state index < -0.39 is 10.0 Å². The van der Waals surface area contributed by atoms with Crippen molar-refractivity contribution in [3.8, 4) is 24.3 Å². The van der Waals surface area contributed by atoms with E-state index in [9.17, 15) is 49.2 Å².